The Kier molecular flexibility index (Phi) is 6.98. The van der Waals surface area contributed by atoms with Gasteiger partial charge in [-0.05, 0) is 62.1 Å². The highest BCUT2D eigenvalue weighted by atomic mass is 32.2. The van der Waals surface area contributed by atoms with E-state index in [2.05, 4.69) is 26.9 Å². The number of aromatic amines is 1. The van der Waals surface area contributed by atoms with Crippen molar-refractivity contribution in [3.05, 3.63) is 48.4 Å². The third-order valence-electron chi connectivity index (χ3n) is 6.61. The topological polar surface area (TPSA) is 88.2 Å². The van der Waals surface area contributed by atoms with E-state index < -0.39 is 9.84 Å². The third-order valence-corrected chi connectivity index (χ3v) is 8.50. The average molecular weight is 457 g/mol. The number of aromatic nitrogens is 3. The number of aryl methyl sites for hydroxylation is 1. The summed E-state index contributed by atoms with van der Waals surface area (Å²) in [6.07, 6.45) is 8.64. The quantitative estimate of drug-likeness (QED) is 0.523. The van der Waals surface area contributed by atoms with Crippen LogP contribution in [-0.2, 0) is 16.3 Å². The molecule has 2 aromatic heterocycles. The number of nitrogens with one attached hydrogen (secondary N) is 1. The molecule has 0 saturated heterocycles. The van der Waals surface area contributed by atoms with E-state index in [4.69, 9.17) is 4.74 Å². The fraction of sp³-hybridized carbons (Fsp3) is 0.500. The summed E-state index contributed by atoms with van der Waals surface area (Å²) in [5, 5.41) is 1.02. The minimum absolute atomic E-state index is 0.233. The number of sulfone groups is 1. The SMILES string of the molecule is COc1ccccc1CCCS(=O)(=O)CC1CCC(N(C)c2ncnc3[nH]ccc23)CC1. The van der Waals surface area contributed by atoms with Crippen molar-refractivity contribution in [3.8, 4) is 5.75 Å². The predicted molar refractivity (Wildman–Crippen MR) is 128 cm³/mol. The highest BCUT2D eigenvalue weighted by Crippen LogP contribution is 2.32. The first-order valence-corrected chi connectivity index (χ1v) is 13.1. The van der Waals surface area contributed by atoms with Gasteiger partial charge >= 0.3 is 0 Å². The summed E-state index contributed by atoms with van der Waals surface area (Å²) in [5.74, 6) is 2.53. The number of anilines is 1. The number of nitrogens with zero attached hydrogens (tertiary/aromatic N) is 3. The minimum Gasteiger partial charge on any atom is -0.496 e. The van der Waals surface area contributed by atoms with E-state index in [9.17, 15) is 8.42 Å². The first-order chi connectivity index (χ1) is 15.5. The highest BCUT2D eigenvalue weighted by Gasteiger charge is 2.28. The van der Waals surface area contributed by atoms with Crippen molar-refractivity contribution in [2.24, 2.45) is 5.92 Å². The van der Waals surface area contributed by atoms with Crippen LogP contribution in [0.1, 0.15) is 37.7 Å². The van der Waals surface area contributed by atoms with Crippen molar-refractivity contribution in [2.75, 3.05) is 30.6 Å². The van der Waals surface area contributed by atoms with E-state index in [0.29, 0.717) is 24.6 Å². The number of ether oxygens (including phenoxy) is 1. The molecule has 0 atom stereocenters. The van der Waals surface area contributed by atoms with Crippen molar-refractivity contribution in [2.45, 2.75) is 44.6 Å². The van der Waals surface area contributed by atoms with Gasteiger partial charge in [-0.2, -0.15) is 0 Å². The van der Waals surface area contributed by atoms with E-state index in [0.717, 1.165) is 53.8 Å². The van der Waals surface area contributed by atoms with E-state index in [-0.39, 0.29) is 11.7 Å². The van der Waals surface area contributed by atoms with Crippen LogP contribution < -0.4 is 9.64 Å². The lowest BCUT2D eigenvalue weighted by Crippen LogP contribution is -2.37. The number of rotatable bonds is 9. The van der Waals surface area contributed by atoms with E-state index >= 15 is 0 Å². The molecule has 2 heterocycles. The Morgan fingerprint density at radius 3 is 2.69 bits per heavy atom. The number of methoxy groups -OCH3 is 1. The second kappa shape index (κ2) is 9.90. The number of hydrogen-bond acceptors (Lipinski definition) is 6. The summed E-state index contributed by atoms with van der Waals surface area (Å²) in [6.45, 7) is 0. The number of benzene rings is 1. The Morgan fingerprint density at radius 2 is 1.91 bits per heavy atom. The van der Waals surface area contributed by atoms with Gasteiger partial charge in [-0.25, -0.2) is 18.4 Å². The Bertz CT molecular complexity index is 1140. The molecule has 0 radical (unpaired) electrons. The van der Waals surface area contributed by atoms with Crippen molar-refractivity contribution in [3.63, 3.8) is 0 Å². The lowest BCUT2D eigenvalue weighted by Gasteiger charge is -2.35. The second-order valence-electron chi connectivity index (χ2n) is 8.75. The summed E-state index contributed by atoms with van der Waals surface area (Å²) in [4.78, 5) is 14.1. The Labute approximate surface area is 190 Å². The molecule has 1 N–H and O–H groups in total. The summed E-state index contributed by atoms with van der Waals surface area (Å²) in [7, 11) is 0.664. The molecule has 1 fully saturated rings. The van der Waals surface area contributed by atoms with Gasteiger partial charge in [0.25, 0.3) is 0 Å². The Hall–Kier alpha value is -2.61. The maximum Gasteiger partial charge on any atom is 0.150 e. The average Bonchev–Trinajstić information content (AvgIpc) is 3.28. The first-order valence-electron chi connectivity index (χ1n) is 11.3. The fourth-order valence-corrected chi connectivity index (χ4v) is 6.65. The smallest absolute Gasteiger partial charge is 0.150 e. The zero-order chi connectivity index (χ0) is 22.6. The molecular formula is C24H32N4O3S. The van der Waals surface area contributed by atoms with Gasteiger partial charge < -0.3 is 14.6 Å². The molecule has 1 saturated carbocycles. The molecule has 0 aliphatic heterocycles. The van der Waals surface area contributed by atoms with Crippen LogP contribution in [0.4, 0.5) is 5.82 Å². The fourth-order valence-electron chi connectivity index (χ4n) is 4.85. The highest BCUT2D eigenvalue weighted by molar-refractivity contribution is 7.91. The number of fused-ring (bicyclic) bond motifs is 1. The van der Waals surface area contributed by atoms with Crippen LogP contribution in [-0.4, -0.2) is 55.1 Å². The first kappa shape index (κ1) is 22.6. The molecule has 172 valence electrons. The van der Waals surface area contributed by atoms with E-state index in [1.807, 2.05) is 36.5 Å². The molecule has 0 amide bonds. The number of para-hydroxylation sites is 1. The summed E-state index contributed by atoms with van der Waals surface area (Å²) in [5.41, 5.74) is 1.91. The molecule has 4 rings (SSSR count). The van der Waals surface area contributed by atoms with Gasteiger partial charge in [-0.3, -0.25) is 0 Å². The lowest BCUT2D eigenvalue weighted by molar-refractivity contribution is 0.340. The van der Waals surface area contributed by atoms with Gasteiger partial charge in [0.05, 0.1) is 24.0 Å². The third kappa shape index (κ3) is 5.23. The van der Waals surface area contributed by atoms with E-state index in [1.165, 1.54) is 0 Å². The summed E-state index contributed by atoms with van der Waals surface area (Å²) < 4.78 is 30.8. The van der Waals surface area contributed by atoms with Gasteiger partial charge in [-0.1, -0.05) is 18.2 Å². The maximum atomic E-state index is 12.7. The predicted octanol–water partition coefficient (Wildman–Crippen LogP) is 4.01. The van der Waals surface area contributed by atoms with Crippen LogP contribution in [0.15, 0.2) is 42.9 Å². The molecule has 1 aliphatic carbocycles. The number of hydrogen-bond donors (Lipinski definition) is 1. The molecule has 1 aromatic carbocycles. The van der Waals surface area contributed by atoms with Crippen molar-refractivity contribution in [1.29, 1.82) is 0 Å². The Morgan fingerprint density at radius 1 is 1.12 bits per heavy atom. The van der Waals surface area contributed by atoms with Gasteiger partial charge in [0.2, 0.25) is 0 Å². The monoisotopic (exact) mass is 456 g/mol. The van der Waals surface area contributed by atoms with Gasteiger partial charge in [0.1, 0.15) is 23.5 Å². The zero-order valence-corrected chi connectivity index (χ0v) is 19.6. The van der Waals surface area contributed by atoms with Crippen LogP contribution in [0.2, 0.25) is 0 Å². The van der Waals surface area contributed by atoms with Crippen LogP contribution in [0.25, 0.3) is 11.0 Å². The van der Waals surface area contributed by atoms with Crippen molar-refractivity contribution < 1.29 is 13.2 Å². The van der Waals surface area contributed by atoms with Crippen molar-refractivity contribution in [1.82, 2.24) is 15.0 Å². The molecule has 0 unspecified atom stereocenters. The van der Waals surface area contributed by atoms with Crippen LogP contribution in [0, 0.1) is 5.92 Å². The molecule has 7 nitrogen and oxygen atoms in total. The van der Waals surface area contributed by atoms with Crippen molar-refractivity contribution >= 4 is 26.7 Å². The molecule has 0 bridgehead atoms. The zero-order valence-electron chi connectivity index (χ0n) is 18.8. The Balaban J connectivity index is 1.27. The minimum atomic E-state index is -3.06. The molecule has 0 spiro atoms. The molecule has 8 heteroatoms. The normalized spacial score (nSPS) is 19.2. The molecular weight excluding hydrogens is 424 g/mol. The summed E-state index contributed by atoms with van der Waals surface area (Å²) >= 11 is 0. The van der Waals surface area contributed by atoms with Crippen LogP contribution >= 0.6 is 0 Å². The van der Waals surface area contributed by atoms with E-state index in [1.54, 1.807) is 13.4 Å². The van der Waals surface area contributed by atoms with Crippen LogP contribution in [0.5, 0.6) is 5.75 Å². The number of H-pyrrole nitrogens is 1. The van der Waals surface area contributed by atoms with Crippen LogP contribution in [0.3, 0.4) is 0 Å². The maximum absolute atomic E-state index is 12.7. The van der Waals surface area contributed by atoms with Gasteiger partial charge in [0, 0.05) is 19.3 Å². The molecule has 3 aromatic rings. The van der Waals surface area contributed by atoms with Gasteiger partial charge in [0.15, 0.2) is 9.84 Å². The molecule has 1 aliphatic rings. The standard InChI is InChI=1S/C24H32N4O3S/c1-28(24-21-13-14-25-23(21)26-17-27-24)20-11-9-18(10-12-20)16-32(29,30)15-5-7-19-6-3-4-8-22(19)31-2/h3-4,6,8,13-14,17-18,20H,5,7,9-12,15-16H2,1-2H3,(H,25,26,27). The lowest BCUT2D eigenvalue weighted by atomic mass is 9.86. The second-order valence-corrected chi connectivity index (χ2v) is 11.0. The largest absolute Gasteiger partial charge is 0.496 e. The summed E-state index contributed by atoms with van der Waals surface area (Å²) in [6, 6.07) is 10.2. The van der Waals surface area contributed by atoms with Gasteiger partial charge in [-0.15, -0.1) is 0 Å². The molecule has 32 heavy (non-hydrogen) atoms.